The number of nitro groups is 1. The molecule has 1 aromatic carbocycles. The summed E-state index contributed by atoms with van der Waals surface area (Å²) in [5.74, 6) is 2.48. The highest BCUT2D eigenvalue weighted by Gasteiger charge is 2.18. The molecule has 0 fully saturated rings. The van der Waals surface area contributed by atoms with E-state index in [1.807, 2.05) is 11.6 Å². The molecule has 0 atom stereocenters. The topological polar surface area (TPSA) is 119 Å². The highest BCUT2D eigenvalue weighted by molar-refractivity contribution is 7.98. The van der Waals surface area contributed by atoms with Crippen LogP contribution in [0.2, 0.25) is 0 Å². The van der Waals surface area contributed by atoms with E-state index in [9.17, 15) is 10.1 Å². The minimum absolute atomic E-state index is 0.0586. The first kappa shape index (κ1) is 19.5. The van der Waals surface area contributed by atoms with Gasteiger partial charge in [0, 0.05) is 12.6 Å². The molecule has 2 aromatic heterocycles. The molecule has 0 bridgehead atoms. The van der Waals surface area contributed by atoms with Crippen molar-refractivity contribution in [1.29, 1.82) is 0 Å². The van der Waals surface area contributed by atoms with E-state index in [0.717, 1.165) is 5.56 Å². The van der Waals surface area contributed by atoms with Crippen LogP contribution in [0.1, 0.15) is 0 Å². The Labute approximate surface area is 164 Å². The lowest BCUT2D eigenvalue weighted by Crippen LogP contribution is -2.00. The molecule has 3 rings (SSSR count). The van der Waals surface area contributed by atoms with Crippen molar-refractivity contribution >= 4 is 17.4 Å². The number of aromatic nitrogens is 5. The number of thioether (sulfide) groups is 1. The zero-order chi connectivity index (χ0) is 20.3. The van der Waals surface area contributed by atoms with Crippen molar-refractivity contribution < 1.29 is 19.1 Å². The fourth-order valence-corrected chi connectivity index (χ4v) is 3.31. The maximum absolute atomic E-state index is 10.7. The van der Waals surface area contributed by atoms with Crippen molar-refractivity contribution in [2.75, 3.05) is 21.3 Å². The second-order valence-corrected chi connectivity index (χ2v) is 6.46. The summed E-state index contributed by atoms with van der Waals surface area (Å²) in [5, 5.41) is 23.8. The molecule has 0 amide bonds. The predicted molar refractivity (Wildman–Crippen MR) is 101 cm³/mol. The van der Waals surface area contributed by atoms with E-state index in [1.165, 1.54) is 35.9 Å². The Kier molecular flexibility index (Phi) is 5.68. The molecule has 0 saturated carbocycles. The summed E-state index contributed by atoms with van der Waals surface area (Å²) in [6, 6.07) is 3.58. The van der Waals surface area contributed by atoms with Crippen LogP contribution in [0, 0.1) is 10.1 Å². The van der Waals surface area contributed by atoms with Crippen LogP contribution in [0.4, 0.5) is 5.69 Å². The van der Waals surface area contributed by atoms with Gasteiger partial charge in [0.1, 0.15) is 12.4 Å². The summed E-state index contributed by atoms with van der Waals surface area (Å²) >= 11 is 1.35. The second kappa shape index (κ2) is 8.17. The second-order valence-electron chi connectivity index (χ2n) is 5.55. The van der Waals surface area contributed by atoms with Gasteiger partial charge in [-0.05, 0) is 12.1 Å². The smallest absolute Gasteiger partial charge is 0.307 e. The number of hydrogen-bond acceptors (Lipinski definition) is 9. The largest absolute Gasteiger partial charge is 0.493 e. The molecular weight excluding hydrogens is 388 g/mol. The van der Waals surface area contributed by atoms with Crippen molar-refractivity contribution in [3.8, 4) is 28.6 Å². The highest BCUT2D eigenvalue weighted by atomic mass is 32.2. The highest BCUT2D eigenvalue weighted by Crippen LogP contribution is 2.41. The van der Waals surface area contributed by atoms with Crippen LogP contribution in [0.15, 0.2) is 29.7 Å². The minimum Gasteiger partial charge on any atom is -0.493 e. The molecule has 0 aliphatic carbocycles. The summed E-state index contributed by atoms with van der Waals surface area (Å²) in [4.78, 5) is 10.3. The number of hydrogen-bond donors (Lipinski definition) is 0. The molecule has 2 heterocycles. The summed E-state index contributed by atoms with van der Waals surface area (Å²) in [6.45, 7) is 0. The van der Waals surface area contributed by atoms with Gasteiger partial charge in [-0.3, -0.25) is 14.8 Å². The zero-order valence-corrected chi connectivity index (χ0v) is 16.5. The number of benzene rings is 1. The molecule has 0 saturated heterocycles. The van der Waals surface area contributed by atoms with Crippen molar-refractivity contribution in [3.63, 3.8) is 0 Å². The van der Waals surface area contributed by atoms with Crippen LogP contribution in [0.25, 0.3) is 11.4 Å². The standard InChI is InChI=1S/C16H18N6O5S/c1-20-15(10-5-12(25-2)14(27-4)13(6-10)26-3)18-19-16(20)28-9-21-8-11(7-17-21)22(23)24/h5-8H,9H2,1-4H3. The van der Waals surface area contributed by atoms with E-state index in [1.54, 1.807) is 26.4 Å². The van der Waals surface area contributed by atoms with E-state index in [4.69, 9.17) is 14.2 Å². The normalized spacial score (nSPS) is 10.7. The fraction of sp³-hybridized carbons (Fsp3) is 0.312. The van der Waals surface area contributed by atoms with Gasteiger partial charge < -0.3 is 18.8 Å². The molecule has 0 spiro atoms. The van der Waals surface area contributed by atoms with Crippen molar-refractivity contribution in [2.24, 2.45) is 7.05 Å². The van der Waals surface area contributed by atoms with Gasteiger partial charge >= 0.3 is 5.69 Å². The lowest BCUT2D eigenvalue weighted by atomic mass is 10.1. The maximum Gasteiger partial charge on any atom is 0.307 e. The van der Waals surface area contributed by atoms with Gasteiger partial charge in [0.15, 0.2) is 22.5 Å². The van der Waals surface area contributed by atoms with Gasteiger partial charge in [-0.15, -0.1) is 10.2 Å². The summed E-state index contributed by atoms with van der Waals surface area (Å²) < 4.78 is 19.4. The molecule has 28 heavy (non-hydrogen) atoms. The van der Waals surface area contributed by atoms with E-state index in [-0.39, 0.29) is 5.69 Å². The van der Waals surface area contributed by atoms with Crippen LogP contribution < -0.4 is 14.2 Å². The molecule has 12 heteroatoms. The van der Waals surface area contributed by atoms with Crippen LogP contribution in [0.5, 0.6) is 17.2 Å². The summed E-state index contributed by atoms with van der Waals surface area (Å²) in [5.41, 5.74) is 0.683. The molecule has 0 radical (unpaired) electrons. The molecule has 0 aliphatic heterocycles. The molecule has 3 aromatic rings. The Morgan fingerprint density at radius 1 is 1.14 bits per heavy atom. The first-order valence-electron chi connectivity index (χ1n) is 7.97. The van der Waals surface area contributed by atoms with E-state index in [0.29, 0.717) is 34.1 Å². The van der Waals surface area contributed by atoms with Gasteiger partial charge in [0.2, 0.25) is 5.75 Å². The Balaban J connectivity index is 1.85. The van der Waals surface area contributed by atoms with Crippen LogP contribution in [-0.4, -0.2) is 50.8 Å². The molecular formula is C16H18N6O5S. The van der Waals surface area contributed by atoms with Gasteiger partial charge in [0.05, 0.1) is 32.1 Å². The van der Waals surface area contributed by atoms with Crippen LogP contribution in [0.3, 0.4) is 0 Å². The van der Waals surface area contributed by atoms with E-state index < -0.39 is 4.92 Å². The number of rotatable bonds is 8. The summed E-state index contributed by atoms with van der Waals surface area (Å²) in [6.07, 6.45) is 2.57. The Morgan fingerprint density at radius 3 is 2.36 bits per heavy atom. The molecule has 0 unspecified atom stereocenters. The zero-order valence-electron chi connectivity index (χ0n) is 15.6. The third kappa shape index (κ3) is 3.71. The van der Waals surface area contributed by atoms with Gasteiger partial charge in [-0.1, -0.05) is 11.8 Å². The Bertz CT molecular complexity index is 976. The number of ether oxygens (including phenoxy) is 3. The maximum atomic E-state index is 10.7. The minimum atomic E-state index is -0.487. The Morgan fingerprint density at radius 2 is 1.82 bits per heavy atom. The first-order valence-corrected chi connectivity index (χ1v) is 8.96. The van der Waals surface area contributed by atoms with Crippen LogP contribution in [-0.2, 0) is 12.9 Å². The van der Waals surface area contributed by atoms with Crippen LogP contribution >= 0.6 is 11.8 Å². The first-order chi connectivity index (χ1) is 13.5. The fourth-order valence-electron chi connectivity index (χ4n) is 2.54. The summed E-state index contributed by atoms with van der Waals surface area (Å²) in [7, 11) is 6.45. The lowest BCUT2D eigenvalue weighted by molar-refractivity contribution is -0.385. The average molecular weight is 406 g/mol. The Hall–Kier alpha value is -3.28. The van der Waals surface area contributed by atoms with Gasteiger partial charge in [-0.2, -0.15) is 5.10 Å². The van der Waals surface area contributed by atoms with Gasteiger partial charge in [-0.25, -0.2) is 0 Å². The number of nitrogens with zero attached hydrogens (tertiary/aromatic N) is 6. The molecule has 148 valence electrons. The van der Waals surface area contributed by atoms with E-state index in [2.05, 4.69) is 15.3 Å². The third-order valence-electron chi connectivity index (χ3n) is 3.91. The molecule has 0 N–H and O–H groups in total. The molecule has 0 aliphatic rings. The van der Waals surface area contributed by atoms with E-state index >= 15 is 0 Å². The number of methoxy groups -OCH3 is 3. The van der Waals surface area contributed by atoms with Crippen molar-refractivity contribution in [3.05, 3.63) is 34.6 Å². The predicted octanol–water partition coefficient (Wildman–Crippen LogP) is 2.36. The quantitative estimate of drug-likeness (QED) is 0.315. The van der Waals surface area contributed by atoms with Crippen molar-refractivity contribution in [2.45, 2.75) is 11.0 Å². The monoisotopic (exact) mass is 406 g/mol. The molecule has 11 nitrogen and oxygen atoms in total. The third-order valence-corrected chi connectivity index (χ3v) is 4.92. The van der Waals surface area contributed by atoms with Gasteiger partial charge in [0.25, 0.3) is 0 Å². The SMILES string of the molecule is COc1cc(-c2nnc(SCn3cc([N+](=O)[O-])cn3)n2C)cc(OC)c1OC. The lowest BCUT2D eigenvalue weighted by Gasteiger charge is -2.14. The van der Waals surface area contributed by atoms with Crippen molar-refractivity contribution in [1.82, 2.24) is 24.5 Å². The average Bonchev–Trinajstić information content (AvgIpc) is 3.32.